The fourth-order valence-corrected chi connectivity index (χ4v) is 1.89. The van der Waals surface area contributed by atoms with E-state index in [-0.39, 0.29) is 0 Å². The van der Waals surface area contributed by atoms with Crippen LogP contribution in [0.4, 0.5) is 5.69 Å². The van der Waals surface area contributed by atoms with Crippen LogP contribution in [0.2, 0.25) is 0 Å². The maximum Gasteiger partial charge on any atom is 0.150 e. The van der Waals surface area contributed by atoms with Crippen LogP contribution in [0.5, 0.6) is 17.2 Å². The lowest BCUT2D eigenvalue weighted by atomic mass is 10.2. The number of nitrogens with two attached hydrogens (primary N) is 1. The van der Waals surface area contributed by atoms with Crippen molar-refractivity contribution in [1.82, 2.24) is 0 Å². The molecule has 0 bridgehead atoms. The summed E-state index contributed by atoms with van der Waals surface area (Å²) in [5, 5.41) is 0. The summed E-state index contributed by atoms with van der Waals surface area (Å²) < 4.78 is 11.9. The van der Waals surface area contributed by atoms with Crippen LogP contribution in [0.25, 0.3) is 0 Å². The van der Waals surface area contributed by atoms with Gasteiger partial charge in [-0.3, -0.25) is 0 Å². The Morgan fingerprint density at radius 3 is 2.47 bits per heavy atom. The molecule has 0 aliphatic rings. The third kappa shape index (κ3) is 2.82. The van der Waals surface area contributed by atoms with E-state index < -0.39 is 0 Å². The molecule has 2 N–H and O–H groups in total. The minimum absolute atomic E-state index is 0.559. The normalized spacial score (nSPS) is 10.0. The number of hydrogen-bond donors (Lipinski definition) is 1. The largest absolute Gasteiger partial charge is 0.497 e. The van der Waals surface area contributed by atoms with Gasteiger partial charge in [-0.1, -0.05) is 12.1 Å². The highest BCUT2D eigenvalue weighted by atomic mass is 127. The molecular weight excluding hydrogens is 329 g/mol. The van der Waals surface area contributed by atoms with Gasteiger partial charge < -0.3 is 15.2 Å². The average Bonchev–Trinajstić information content (AvgIpc) is 2.34. The Morgan fingerprint density at radius 1 is 1.06 bits per heavy atom. The van der Waals surface area contributed by atoms with E-state index >= 15 is 0 Å². The lowest BCUT2D eigenvalue weighted by Gasteiger charge is -2.10. The van der Waals surface area contributed by atoms with Crippen LogP contribution in [0, 0.1) is 3.57 Å². The van der Waals surface area contributed by atoms with Crippen molar-refractivity contribution < 1.29 is 9.47 Å². The summed E-state index contributed by atoms with van der Waals surface area (Å²) in [7, 11) is 1.61. The summed E-state index contributed by atoms with van der Waals surface area (Å²) in [4.78, 5) is 0. The lowest BCUT2D eigenvalue weighted by Crippen LogP contribution is -1.94. The summed E-state index contributed by atoms with van der Waals surface area (Å²) in [6.07, 6.45) is 0. The van der Waals surface area contributed by atoms with Gasteiger partial charge in [-0.15, -0.1) is 0 Å². The van der Waals surface area contributed by atoms with E-state index in [0.717, 1.165) is 15.1 Å². The highest BCUT2D eigenvalue weighted by molar-refractivity contribution is 14.1. The molecule has 0 unspecified atom stereocenters. The Labute approximate surface area is 114 Å². The third-order valence-electron chi connectivity index (χ3n) is 2.27. The smallest absolute Gasteiger partial charge is 0.150 e. The molecule has 3 nitrogen and oxygen atoms in total. The van der Waals surface area contributed by atoms with E-state index in [9.17, 15) is 0 Å². The van der Waals surface area contributed by atoms with Crippen molar-refractivity contribution >= 4 is 28.3 Å². The van der Waals surface area contributed by atoms with E-state index in [1.165, 1.54) is 0 Å². The van der Waals surface area contributed by atoms with E-state index in [0.29, 0.717) is 11.4 Å². The Bertz CT molecular complexity index is 529. The Kier molecular flexibility index (Phi) is 3.73. The minimum atomic E-state index is 0.559. The number of halogens is 1. The van der Waals surface area contributed by atoms with Gasteiger partial charge in [0.05, 0.1) is 16.4 Å². The van der Waals surface area contributed by atoms with Crippen LogP contribution in [0.1, 0.15) is 0 Å². The summed E-state index contributed by atoms with van der Waals surface area (Å²) in [6, 6.07) is 13.1. The summed E-state index contributed by atoms with van der Waals surface area (Å²) in [5.41, 5.74) is 6.45. The standard InChI is InChI=1S/C13H12INO2/c1-16-9-6-7-13(11(15)8-9)17-12-5-3-2-4-10(12)14/h2-8H,15H2,1H3. The van der Waals surface area contributed by atoms with Gasteiger partial charge in [-0.05, 0) is 46.9 Å². The van der Waals surface area contributed by atoms with Gasteiger partial charge in [0, 0.05) is 6.07 Å². The van der Waals surface area contributed by atoms with Gasteiger partial charge in [-0.2, -0.15) is 0 Å². The number of ether oxygens (including phenoxy) is 2. The molecule has 2 aromatic rings. The second-order valence-electron chi connectivity index (χ2n) is 3.44. The molecule has 0 aliphatic heterocycles. The topological polar surface area (TPSA) is 44.5 Å². The third-order valence-corrected chi connectivity index (χ3v) is 3.16. The van der Waals surface area contributed by atoms with Crippen molar-refractivity contribution in [3.8, 4) is 17.2 Å². The maximum atomic E-state index is 5.89. The molecule has 88 valence electrons. The molecule has 0 spiro atoms. The predicted octanol–water partition coefficient (Wildman–Crippen LogP) is 3.67. The molecule has 0 radical (unpaired) electrons. The van der Waals surface area contributed by atoms with Crippen LogP contribution in [0.15, 0.2) is 42.5 Å². The molecule has 0 atom stereocenters. The second kappa shape index (κ2) is 5.27. The molecule has 0 heterocycles. The average molecular weight is 341 g/mol. The second-order valence-corrected chi connectivity index (χ2v) is 4.60. The van der Waals surface area contributed by atoms with Crippen molar-refractivity contribution in [2.24, 2.45) is 0 Å². The highest BCUT2D eigenvalue weighted by Gasteiger charge is 2.05. The number of methoxy groups -OCH3 is 1. The Hall–Kier alpha value is -1.43. The van der Waals surface area contributed by atoms with Crippen molar-refractivity contribution in [3.63, 3.8) is 0 Å². The molecule has 17 heavy (non-hydrogen) atoms. The number of hydrogen-bond acceptors (Lipinski definition) is 3. The monoisotopic (exact) mass is 341 g/mol. The zero-order chi connectivity index (χ0) is 12.3. The number of rotatable bonds is 3. The first-order valence-corrected chi connectivity index (χ1v) is 6.14. The summed E-state index contributed by atoms with van der Waals surface area (Å²) >= 11 is 2.22. The fourth-order valence-electron chi connectivity index (χ4n) is 1.39. The number of para-hydroxylation sites is 1. The number of nitrogen functional groups attached to an aromatic ring is 1. The first kappa shape index (κ1) is 12.0. The molecule has 4 heteroatoms. The van der Waals surface area contributed by atoms with Crippen molar-refractivity contribution in [1.29, 1.82) is 0 Å². The number of anilines is 1. The van der Waals surface area contributed by atoms with Gasteiger partial charge >= 0.3 is 0 Å². The van der Waals surface area contributed by atoms with E-state index in [4.69, 9.17) is 15.2 Å². The predicted molar refractivity (Wildman–Crippen MR) is 76.6 cm³/mol. The zero-order valence-corrected chi connectivity index (χ0v) is 11.5. The van der Waals surface area contributed by atoms with Gasteiger partial charge in [0.15, 0.2) is 5.75 Å². The van der Waals surface area contributed by atoms with E-state index in [2.05, 4.69) is 22.6 Å². The molecule has 0 fully saturated rings. The van der Waals surface area contributed by atoms with Crippen LogP contribution < -0.4 is 15.2 Å². The first-order chi connectivity index (χ1) is 8.20. The number of benzene rings is 2. The molecule has 2 aromatic carbocycles. The van der Waals surface area contributed by atoms with Crippen molar-refractivity contribution in [3.05, 3.63) is 46.0 Å². The van der Waals surface area contributed by atoms with Crippen molar-refractivity contribution in [2.45, 2.75) is 0 Å². The first-order valence-electron chi connectivity index (χ1n) is 5.06. The Morgan fingerprint density at radius 2 is 1.82 bits per heavy atom. The minimum Gasteiger partial charge on any atom is -0.497 e. The fraction of sp³-hybridized carbons (Fsp3) is 0.0769. The van der Waals surface area contributed by atoms with Gasteiger partial charge in [0.2, 0.25) is 0 Å². The van der Waals surface area contributed by atoms with Crippen LogP contribution in [-0.2, 0) is 0 Å². The van der Waals surface area contributed by atoms with Gasteiger partial charge in [0.1, 0.15) is 11.5 Å². The molecule has 0 saturated carbocycles. The molecule has 0 amide bonds. The SMILES string of the molecule is COc1ccc(Oc2ccccc2I)c(N)c1. The molecule has 0 aromatic heterocycles. The molecular formula is C13H12INO2. The van der Waals surface area contributed by atoms with Gasteiger partial charge in [0.25, 0.3) is 0 Å². The molecule has 0 saturated heterocycles. The van der Waals surface area contributed by atoms with Crippen molar-refractivity contribution in [2.75, 3.05) is 12.8 Å². The molecule has 2 rings (SSSR count). The summed E-state index contributed by atoms with van der Waals surface area (Å²) in [5.74, 6) is 2.15. The quantitative estimate of drug-likeness (QED) is 0.684. The van der Waals surface area contributed by atoms with E-state index in [1.807, 2.05) is 30.3 Å². The molecule has 0 aliphatic carbocycles. The maximum absolute atomic E-state index is 5.89. The Balaban J connectivity index is 2.28. The van der Waals surface area contributed by atoms with Crippen LogP contribution in [0.3, 0.4) is 0 Å². The zero-order valence-electron chi connectivity index (χ0n) is 9.31. The van der Waals surface area contributed by atoms with Crippen LogP contribution >= 0.6 is 22.6 Å². The van der Waals surface area contributed by atoms with Gasteiger partial charge in [-0.25, -0.2) is 0 Å². The van der Waals surface area contributed by atoms with Crippen LogP contribution in [-0.4, -0.2) is 7.11 Å². The highest BCUT2D eigenvalue weighted by Crippen LogP contribution is 2.32. The lowest BCUT2D eigenvalue weighted by molar-refractivity contribution is 0.413. The summed E-state index contributed by atoms with van der Waals surface area (Å²) in [6.45, 7) is 0. The van der Waals surface area contributed by atoms with E-state index in [1.54, 1.807) is 19.2 Å².